The molecule has 1 fully saturated rings. The summed E-state index contributed by atoms with van der Waals surface area (Å²) in [4.78, 5) is 12.5. The first-order chi connectivity index (χ1) is 9.56. The van der Waals surface area contributed by atoms with Crippen LogP contribution in [0, 0.1) is 18.3 Å². The number of amides is 1. The summed E-state index contributed by atoms with van der Waals surface area (Å²) in [6.45, 7) is 8.89. The molecular weight excluding hydrogens is 248 g/mol. The molecular formula is C17H26N2O. The zero-order valence-corrected chi connectivity index (χ0v) is 12.8. The van der Waals surface area contributed by atoms with Gasteiger partial charge in [0, 0.05) is 13.1 Å². The van der Waals surface area contributed by atoms with E-state index in [1.165, 1.54) is 11.1 Å². The van der Waals surface area contributed by atoms with Crippen LogP contribution < -0.4 is 10.6 Å². The first-order valence-corrected chi connectivity index (χ1v) is 7.60. The zero-order valence-electron chi connectivity index (χ0n) is 12.8. The monoisotopic (exact) mass is 274 g/mol. The van der Waals surface area contributed by atoms with Crippen molar-refractivity contribution in [2.45, 2.75) is 33.6 Å². The van der Waals surface area contributed by atoms with Crippen LogP contribution in [0.3, 0.4) is 0 Å². The summed E-state index contributed by atoms with van der Waals surface area (Å²) >= 11 is 0. The predicted octanol–water partition coefficient (Wildman–Crippen LogP) is 2.29. The highest BCUT2D eigenvalue weighted by Crippen LogP contribution is 2.34. The Morgan fingerprint density at radius 3 is 2.75 bits per heavy atom. The van der Waals surface area contributed by atoms with Crippen LogP contribution in [0.4, 0.5) is 0 Å². The Bertz CT molecular complexity index is 462. The van der Waals surface area contributed by atoms with Crippen molar-refractivity contribution in [3.05, 3.63) is 35.4 Å². The van der Waals surface area contributed by atoms with Crippen molar-refractivity contribution in [2.75, 3.05) is 19.6 Å². The van der Waals surface area contributed by atoms with Gasteiger partial charge < -0.3 is 10.6 Å². The average molecular weight is 274 g/mol. The van der Waals surface area contributed by atoms with Crippen LogP contribution in [-0.2, 0) is 11.2 Å². The van der Waals surface area contributed by atoms with E-state index in [2.05, 4.69) is 55.7 Å². The van der Waals surface area contributed by atoms with E-state index in [-0.39, 0.29) is 11.3 Å². The third-order valence-electron chi connectivity index (χ3n) is 4.69. The molecule has 1 aromatic rings. The van der Waals surface area contributed by atoms with Crippen molar-refractivity contribution in [1.82, 2.24) is 10.6 Å². The van der Waals surface area contributed by atoms with Gasteiger partial charge >= 0.3 is 0 Å². The van der Waals surface area contributed by atoms with E-state index in [0.29, 0.717) is 5.92 Å². The van der Waals surface area contributed by atoms with Gasteiger partial charge in [0.05, 0.1) is 5.41 Å². The van der Waals surface area contributed by atoms with Gasteiger partial charge in [0.15, 0.2) is 0 Å². The maximum absolute atomic E-state index is 12.5. The number of carbonyl (C=O) groups excluding carboxylic acids is 1. The molecule has 2 N–H and O–H groups in total. The molecule has 1 aromatic carbocycles. The lowest BCUT2D eigenvalue weighted by atomic mass is 9.75. The largest absolute Gasteiger partial charge is 0.355 e. The minimum Gasteiger partial charge on any atom is -0.355 e. The van der Waals surface area contributed by atoms with Crippen LogP contribution in [0.2, 0.25) is 0 Å². The fraction of sp³-hybridized carbons (Fsp3) is 0.588. The quantitative estimate of drug-likeness (QED) is 0.865. The van der Waals surface area contributed by atoms with Crippen LogP contribution in [-0.4, -0.2) is 25.5 Å². The molecule has 0 aromatic heterocycles. The van der Waals surface area contributed by atoms with Crippen LogP contribution in [0.1, 0.15) is 31.4 Å². The normalized spacial score (nSPS) is 22.2. The minimum absolute atomic E-state index is 0.214. The standard InChI is InChI=1S/C17H26N2O/c1-13(2)17(9-11-18-12-17)16(20)19-10-8-15-7-5-4-6-14(15)3/h4-7,13,18H,8-12H2,1-3H3,(H,19,20). The second-order valence-electron chi connectivity index (χ2n) is 6.17. The van der Waals surface area contributed by atoms with Crippen molar-refractivity contribution >= 4 is 5.91 Å². The summed E-state index contributed by atoms with van der Waals surface area (Å²) in [6.07, 6.45) is 1.85. The lowest BCUT2D eigenvalue weighted by molar-refractivity contribution is -0.132. The second-order valence-corrected chi connectivity index (χ2v) is 6.17. The van der Waals surface area contributed by atoms with Gasteiger partial charge in [0.2, 0.25) is 5.91 Å². The Balaban J connectivity index is 1.90. The highest BCUT2D eigenvalue weighted by Gasteiger charge is 2.43. The van der Waals surface area contributed by atoms with Crippen LogP contribution in [0.15, 0.2) is 24.3 Å². The number of rotatable bonds is 5. The molecule has 1 aliphatic heterocycles. The van der Waals surface area contributed by atoms with E-state index in [0.717, 1.165) is 32.5 Å². The molecule has 0 radical (unpaired) electrons. The fourth-order valence-electron chi connectivity index (χ4n) is 3.04. The molecule has 110 valence electrons. The summed E-state index contributed by atoms with van der Waals surface area (Å²) in [6, 6.07) is 8.36. The lowest BCUT2D eigenvalue weighted by Crippen LogP contribution is -2.46. The van der Waals surface area contributed by atoms with Gasteiger partial charge in [-0.25, -0.2) is 0 Å². The van der Waals surface area contributed by atoms with Crippen molar-refractivity contribution in [1.29, 1.82) is 0 Å². The van der Waals surface area contributed by atoms with Gasteiger partial charge in [-0.3, -0.25) is 4.79 Å². The van der Waals surface area contributed by atoms with E-state index in [1.807, 2.05) is 0 Å². The molecule has 1 atom stereocenters. The second kappa shape index (κ2) is 6.40. The van der Waals surface area contributed by atoms with E-state index in [9.17, 15) is 4.79 Å². The third kappa shape index (κ3) is 3.04. The van der Waals surface area contributed by atoms with Crippen LogP contribution in [0.25, 0.3) is 0 Å². The van der Waals surface area contributed by atoms with Crippen LogP contribution in [0.5, 0.6) is 0 Å². The highest BCUT2D eigenvalue weighted by atomic mass is 16.2. The number of benzene rings is 1. The topological polar surface area (TPSA) is 41.1 Å². The molecule has 2 rings (SSSR count). The molecule has 1 amide bonds. The summed E-state index contributed by atoms with van der Waals surface area (Å²) in [7, 11) is 0. The van der Waals surface area contributed by atoms with Gasteiger partial charge in [-0.2, -0.15) is 0 Å². The van der Waals surface area contributed by atoms with E-state index in [1.54, 1.807) is 0 Å². The minimum atomic E-state index is -0.217. The molecule has 1 heterocycles. The van der Waals surface area contributed by atoms with Gasteiger partial charge in [0.1, 0.15) is 0 Å². The first-order valence-electron chi connectivity index (χ1n) is 7.60. The SMILES string of the molecule is Cc1ccccc1CCNC(=O)C1(C(C)C)CCNC1. The van der Waals surface area contributed by atoms with Crippen molar-refractivity contribution in [3.8, 4) is 0 Å². The molecule has 3 nitrogen and oxygen atoms in total. The van der Waals surface area contributed by atoms with Crippen LogP contribution >= 0.6 is 0 Å². The fourth-order valence-corrected chi connectivity index (χ4v) is 3.04. The molecule has 1 aliphatic rings. The molecule has 0 spiro atoms. The third-order valence-corrected chi connectivity index (χ3v) is 4.69. The Kier molecular flexibility index (Phi) is 4.81. The maximum atomic E-state index is 12.5. The van der Waals surface area contributed by atoms with E-state index >= 15 is 0 Å². The Morgan fingerprint density at radius 2 is 2.15 bits per heavy atom. The summed E-state index contributed by atoms with van der Waals surface area (Å²) < 4.78 is 0. The predicted molar refractivity (Wildman–Crippen MR) is 82.7 cm³/mol. The van der Waals surface area contributed by atoms with Gasteiger partial charge in [-0.05, 0) is 43.4 Å². The van der Waals surface area contributed by atoms with E-state index < -0.39 is 0 Å². The van der Waals surface area contributed by atoms with Crippen molar-refractivity contribution in [2.24, 2.45) is 11.3 Å². The Morgan fingerprint density at radius 1 is 1.40 bits per heavy atom. The molecule has 3 heteroatoms. The van der Waals surface area contributed by atoms with Crippen molar-refractivity contribution in [3.63, 3.8) is 0 Å². The maximum Gasteiger partial charge on any atom is 0.227 e. The zero-order chi connectivity index (χ0) is 14.6. The van der Waals surface area contributed by atoms with Gasteiger partial charge in [0.25, 0.3) is 0 Å². The lowest BCUT2D eigenvalue weighted by Gasteiger charge is -2.31. The van der Waals surface area contributed by atoms with E-state index in [4.69, 9.17) is 0 Å². The number of carbonyl (C=O) groups is 1. The number of nitrogens with one attached hydrogen (secondary N) is 2. The summed E-state index contributed by atoms with van der Waals surface area (Å²) in [5.41, 5.74) is 2.39. The summed E-state index contributed by atoms with van der Waals surface area (Å²) in [5, 5.41) is 6.48. The number of hydrogen-bond donors (Lipinski definition) is 2. The van der Waals surface area contributed by atoms with Crippen molar-refractivity contribution < 1.29 is 4.79 Å². The number of hydrogen-bond acceptors (Lipinski definition) is 2. The van der Waals surface area contributed by atoms with Gasteiger partial charge in [-0.15, -0.1) is 0 Å². The molecule has 0 aliphatic carbocycles. The average Bonchev–Trinajstić information content (AvgIpc) is 2.91. The van der Waals surface area contributed by atoms with Gasteiger partial charge in [-0.1, -0.05) is 38.1 Å². The first kappa shape index (κ1) is 15.0. The molecule has 0 bridgehead atoms. The smallest absolute Gasteiger partial charge is 0.227 e. The number of aryl methyl sites for hydroxylation is 1. The molecule has 1 unspecified atom stereocenters. The highest BCUT2D eigenvalue weighted by molar-refractivity contribution is 5.83. The molecule has 20 heavy (non-hydrogen) atoms. The molecule has 0 saturated carbocycles. The Labute approximate surface area is 122 Å². The summed E-state index contributed by atoms with van der Waals surface area (Å²) in [5.74, 6) is 0.585. The molecule has 1 saturated heterocycles. The Hall–Kier alpha value is -1.35.